The summed E-state index contributed by atoms with van der Waals surface area (Å²) in [4.78, 5) is 6.73. The lowest BCUT2D eigenvalue weighted by Gasteiger charge is -2.27. The van der Waals surface area contributed by atoms with Crippen LogP contribution in [0.15, 0.2) is 71.7 Å². The van der Waals surface area contributed by atoms with Crippen molar-refractivity contribution in [2.45, 2.75) is 25.8 Å². The molecule has 5 heteroatoms. The van der Waals surface area contributed by atoms with Crippen molar-refractivity contribution in [3.63, 3.8) is 0 Å². The zero-order valence-electron chi connectivity index (χ0n) is 17.0. The fraction of sp³-hybridized carbons (Fsp3) is 0.348. The van der Waals surface area contributed by atoms with Gasteiger partial charge in [0.2, 0.25) is 0 Å². The third-order valence-electron chi connectivity index (χ3n) is 5.03. The first kappa shape index (κ1) is 22.3. The van der Waals surface area contributed by atoms with E-state index >= 15 is 0 Å². The highest BCUT2D eigenvalue weighted by Gasteiger charge is 2.20. The smallest absolute Gasteiger partial charge is 0.191 e. The molecule has 1 aliphatic rings. The van der Waals surface area contributed by atoms with Crippen LogP contribution >= 0.6 is 24.0 Å². The Morgan fingerprint density at radius 1 is 1.00 bits per heavy atom. The van der Waals surface area contributed by atoms with Crippen molar-refractivity contribution in [1.29, 1.82) is 0 Å². The Morgan fingerprint density at radius 2 is 1.71 bits per heavy atom. The van der Waals surface area contributed by atoms with E-state index in [2.05, 4.69) is 101 Å². The van der Waals surface area contributed by atoms with Gasteiger partial charge in [-0.3, -0.25) is 4.99 Å². The van der Waals surface area contributed by atoms with Crippen molar-refractivity contribution in [3.05, 3.63) is 77.9 Å². The lowest BCUT2D eigenvalue weighted by Crippen LogP contribution is -2.43. The highest BCUT2D eigenvalue weighted by Crippen LogP contribution is 2.21. The van der Waals surface area contributed by atoms with Gasteiger partial charge < -0.3 is 15.5 Å². The van der Waals surface area contributed by atoms with Crippen LogP contribution in [0.3, 0.4) is 0 Å². The Balaban J connectivity index is 0.00000280. The third kappa shape index (κ3) is 5.99. The molecule has 3 rings (SSSR count). The average Bonchev–Trinajstić information content (AvgIpc) is 3.24. The number of hydrogen-bond acceptors (Lipinski definition) is 2. The minimum Gasteiger partial charge on any atom is -0.364 e. The van der Waals surface area contributed by atoms with Crippen LogP contribution in [0.1, 0.15) is 25.0 Å². The van der Waals surface area contributed by atoms with Gasteiger partial charge in [0.15, 0.2) is 5.96 Å². The molecule has 1 aliphatic heterocycles. The second-order valence-electron chi connectivity index (χ2n) is 7.58. The topological polar surface area (TPSA) is 39.7 Å². The molecule has 150 valence electrons. The lowest BCUT2D eigenvalue weighted by atomic mass is 9.85. The first-order valence-corrected chi connectivity index (χ1v) is 9.57. The largest absolute Gasteiger partial charge is 0.364 e. The van der Waals surface area contributed by atoms with E-state index in [9.17, 15) is 0 Å². The Labute approximate surface area is 186 Å². The molecule has 28 heavy (non-hydrogen) atoms. The first-order chi connectivity index (χ1) is 13.1. The highest BCUT2D eigenvalue weighted by atomic mass is 127. The van der Waals surface area contributed by atoms with Crippen molar-refractivity contribution in [2.75, 3.05) is 31.6 Å². The number of hydrogen-bond donors (Lipinski definition) is 2. The van der Waals surface area contributed by atoms with Crippen LogP contribution in [-0.4, -0.2) is 32.6 Å². The van der Waals surface area contributed by atoms with E-state index in [1.54, 1.807) is 0 Å². The summed E-state index contributed by atoms with van der Waals surface area (Å²) >= 11 is 0. The van der Waals surface area contributed by atoms with Crippen molar-refractivity contribution in [1.82, 2.24) is 10.6 Å². The van der Waals surface area contributed by atoms with Gasteiger partial charge in [0, 0.05) is 44.3 Å². The maximum absolute atomic E-state index is 4.37. The molecule has 2 aromatic rings. The Kier molecular flexibility index (Phi) is 8.35. The van der Waals surface area contributed by atoms with Crippen LogP contribution in [0.5, 0.6) is 0 Å². The summed E-state index contributed by atoms with van der Waals surface area (Å²) in [6.07, 6.45) is 4.43. The van der Waals surface area contributed by atoms with Gasteiger partial charge in [-0.1, -0.05) is 68.5 Å². The molecule has 0 saturated heterocycles. The average molecular weight is 490 g/mol. The van der Waals surface area contributed by atoms with E-state index in [0.29, 0.717) is 0 Å². The van der Waals surface area contributed by atoms with E-state index in [4.69, 9.17) is 0 Å². The molecule has 0 fully saturated rings. The van der Waals surface area contributed by atoms with Gasteiger partial charge in [-0.25, -0.2) is 0 Å². The second-order valence-corrected chi connectivity index (χ2v) is 7.58. The standard InChI is InChI=1S/C23H30N4.HI/c1-23(2,20-11-5-4-6-12-20)18-26-22(24-3)25-17-19-10-9-13-21(16-19)27-14-7-8-15-27;/h4-13,16H,14-15,17-18H2,1-3H3,(H2,24,25,26);1H. The number of nitrogens with one attached hydrogen (secondary N) is 2. The minimum absolute atomic E-state index is 0. The third-order valence-corrected chi connectivity index (χ3v) is 5.03. The van der Waals surface area contributed by atoms with Crippen molar-refractivity contribution < 1.29 is 0 Å². The van der Waals surface area contributed by atoms with Crippen molar-refractivity contribution in [3.8, 4) is 0 Å². The molecule has 0 radical (unpaired) electrons. The molecule has 2 aromatic carbocycles. The van der Waals surface area contributed by atoms with E-state index < -0.39 is 0 Å². The summed E-state index contributed by atoms with van der Waals surface area (Å²) in [6, 6.07) is 19.3. The predicted molar refractivity (Wildman–Crippen MR) is 131 cm³/mol. The van der Waals surface area contributed by atoms with E-state index in [-0.39, 0.29) is 29.4 Å². The minimum atomic E-state index is 0. The molecule has 0 spiro atoms. The summed E-state index contributed by atoms with van der Waals surface area (Å²) in [5.41, 5.74) is 3.87. The molecule has 2 N–H and O–H groups in total. The molecule has 4 nitrogen and oxygen atoms in total. The second kappa shape index (κ2) is 10.5. The van der Waals surface area contributed by atoms with Gasteiger partial charge in [0.05, 0.1) is 0 Å². The SMILES string of the molecule is CN=C(NCc1cccc(N2CC=CC2)c1)NCC(C)(C)c1ccccc1.I. The molecule has 0 atom stereocenters. The summed E-state index contributed by atoms with van der Waals surface area (Å²) in [6.45, 7) is 8.05. The van der Waals surface area contributed by atoms with Crippen LogP contribution < -0.4 is 15.5 Å². The van der Waals surface area contributed by atoms with Gasteiger partial charge in [-0.15, -0.1) is 24.0 Å². The molecular formula is C23H31IN4. The summed E-state index contributed by atoms with van der Waals surface area (Å²) in [5, 5.41) is 6.90. The number of guanidine groups is 1. The summed E-state index contributed by atoms with van der Waals surface area (Å²) in [7, 11) is 1.82. The van der Waals surface area contributed by atoms with Crippen LogP contribution in [0.4, 0.5) is 5.69 Å². The van der Waals surface area contributed by atoms with Gasteiger partial charge in [0.25, 0.3) is 0 Å². The number of halogens is 1. The maximum atomic E-state index is 4.37. The van der Waals surface area contributed by atoms with Crippen LogP contribution in [0.2, 0.25) is 0 Å². The Morgan fingerprint density at radius 3 is 2.39 bits per heavy atom. The Bertz CT molecular complexity index is 791. The number of rotatable bonds is 6. The van der Waals surface area contributed by atoms with Crippen LogP contribution in [0.25, 0.3) is 0 Å². The summed E-state index contributed by atoms with van der Waals surface area (Å²) in [5.74, 6) is 0.826. The van der Waals surface area contributed by atoms with Crippen molar-refractivity contribution in [2.24, 2.45) is 4.99 Å². The highest BCUT2D eigenvalue weighted by molar-refractivity contribution is 14.0. The van der Waals surface area contributed by atoms with Crippen LogP contribution in [0, 0.1) is 0 Å². The number of anilines is 1. The molecule has 0 bridgehead atoms. The number of nitrogens with zero attached hydrogens (tertiary/aromatic N) is 2. The van der Waals surface area contributed by atoms with Gasteiger partial charge >= 0.3 is 0 Å². The zero-order valence-corrected chi connectivity index (χ0v) is 19.3. The fourth-order valence-electron chi connectivity index (χ4n) is 3.25. The molecule has 0 aromatic heterocycles. The molecular weight excluding hydrogens is 459 g/mol. The molecule has 0 aliphatic carbocycles. The lowest BCUT2D eigenvalue weighted by molar-refractivity contribution is 0.508. The van der Waals surface area contributed by atoms with E-state index in [0.717, 1.165) is 32.1 Å². The first-order valence-electron chi connectivity index (χ1n) is 9.57. The van der Waals surface area contributed by atoms with Crippen molar-refractivity contribution >= 4 is 35.6 Å². The van der Waals surface area contributed by atoms with E-state index in [1.807, 2.05) is 7.05 Å². The molecule has 0 saturated carbocycles. The maximum Gasteiger partial charge on any atom is 0.191 e. The monoisotopic (exact) mass is 490 g/mol. The Hall–Kier alpha value is -2.02. The van der Waals surface area contributed by atoms with Crippen LogP contribution in [-0.2, 0) is 12.0 Å². The predicted octanol–water partition coefficient (Wildman–Crippen LogP) is 4.32. The molecule has 0 amide bonds. The molecule has 0 unspecified atom stereocenters. The summed E-state index contributed by atoms with van der Waals surface area (Å²) < 4.78 is 0. The fourth-order valence-corrected chi connectivity index (χ4v) is 3.25. The number of aliphatic imine (C=N–C) groups is 1. The normalized spacial score (nSPS) is 14.0. The van der Waals surface area contributed by atoms with Gasteiger partial charge in [-0.2, -0.15) is 0 Å². The van der Waals surface area contributed by atoms with Gasteiger partial charge in [0.1, 0.15) is 0 Å². The van der Waals surface area contributed by atoms with Gasteiger partial charge in [-0.05, 0) is 23.3 Å². The molecule has 1 heterocycles. The van der Waals surface area contributed by atoms with E-state index in [1.165, 1.54) is 16.8 Å². The number of benzene rings is 2. The zero-order chi connectivity index (χ0) is 19.1. The quantitative estimate of drug-likeness (QED) is 0.274.